The van der Waals surface area contributed by atoms with Gasteiger partial charge in [0.2, 0.25) is 10.0 Å². The number of aryl methyl sites for hydroxylation is 1. The Morgan fingerprint density at radius 3 is 2.46 bits per heavy atom. The van der Waals surface area contributed by atoms with Crippen LogP contribution in [0, 0.1) is 6.92 Å². The lowest BCUT2D eigenvalue weighted by atomic mass is 10.3. The molecule has 134 valence electrons. The summed E-state index contributed by atoms with van der Waals surface area (Å²) in [7, 11) is -1.53. The van der Waals surface area contributed by atoms with E-state index in [-0.39, 0.29) is 22.3 Å². The SMILES string of the molecule is Cc1oc(C(=O)N2CCCN(C)CC2)cc1S(=O)(=O)N1CCCC1. The van der Waals surface area contributed by atoms with Crippen molar-refractivity contribution in [3.05, 3.63) is 17.6 Å². The zero-order valence-electron chi connectivity index (χ0n) is 14.3. The van der Waals surface area contributed by atoms with Crippen molar-refractivity contribution < 1.29 is 17.6 Å². The number of furan rings is 1. The summed E-state index contributed by atoms with van der Waals surface area (Å²) in [5, 5.41) is 0. The summed E-state index contributed by atoms with van der Waals surface area (Å²) in [6, 6.07) is 1.40. The maximum Gasteiger partial charge on any atom is 0.289 e. The standard InChI is InChI=1S/C16H25N3O4S/c1-13-15(24(21,22)19-8-3-4-9-19)12-14(23-13)16(20)18-7-5-6-17(2)10-11-18/h12H,3-11H2,1-2H3. The molecule has 24 heavy (non-hydrogen) atoms. The van der Waals surface area contributed by atoms with Crippen molar-refractivity contribution in [2.45, 2.75) is 31.1 Å². The molecule has 2 saturated heterocycles. The van der Waals surface area contributed by atoms with E-state index in [4.69, 9.17) is 4.42 Å². The smallest absolute Gasteiger partial charge is 0.289 e. The van der Waals surface area contributed by atoms with Gasteiger partial charge in [-0.05, 0) is 39.8 Å². The van der Waals surface area contributed by atoms with Crippen LogP contribution in [-0.4, -0.2) is 74.7 Å². The van der Waals surface area contributed by atoms with E-state index in [2.05, 4.69) is 4.90 Å². The van der Waals surface area contributed by atoms with Gasteiger partial charge in [-0.25, -0.2) is 8.42 Å². The number of rotatable bonds is 3. The Labute approximate surface area is 143 Å². The number of likely N-dealkylation sites (N-methyl/N-ethyl adjacent to an activating group) is 1. The Kier molecular flexibility index (Phi) is 4.98. The minimum atomic E-state index is -3.57. The first-order chi connectivity index (χ1) is 11.4. The molecule has 0 radical (unpaired) electrons. The van der Waals surface area contributed by atoms with Crippen LogP contribution in [0.25, 0.3) is 0 Å². The van der Waals surface area contributed by atoms with Crippen LogP contribution in [0.1, 0.15) is 35.6 Å². The third-order valence-electron chi connectivity index (χ3n) is 4.77. The fraction of sp³-hybridized carbons (Fsp3) is 0.688. The molecule has 0 spiro atoms. The molecule has 0 bridgehead atoms. The lowest BCUT2D eigenvalue weighted by Crippen LogP contribution is -2.34. The van der Waals surface area contributed by atoms with E-state index in [1.807, 2.05) is 7.05 Å². The van der Waals surface area contributed by atoms with Crippen LogP contribution < -0.4 is 0 Å². The molecule has 2 aliphatic heterocycles. The minimum absolute atomic E-state index is 0.120. The molecule has 0 aliphatic carbocycles. The zero-order chi connectivity index (χ0) is 17.3. The van der Waals surface area contributed by atoms with Crippen LogP contribution >= 0.6 is 0 Å². The van der Waals surface area contributed by atoms with Gasteiger partial charge in [-0.15, -0.1) is 0 Å². The highest BCUT2D eigenvalue weighted by Gasteiger charge is 2.32. The van der Waals surface area contributed by atoms with Crippen molar-refractivity contribution in [1.29, 1.82) is 0 Å². The monoisotopic (exact) mass is 355 g/mol. The molecule has 0 saturated carbocycles. The van der Waals surface area contributed by atoms with Gasteiger partial charge in [-0.1, -0.05) is 0 Å². The van der Waals surface area contributed by atoms with Gasteiger partial charge in [-0.2, -0.15) is 4.31 Å². The largest absolute Gasteiger partial charge is 0.455 e. The Balaban J connectivity index is 1.81. The van der Waals surface area contributed by atoms with E-state index in [9.17, 15) is 13.2 Å². The first-order valence-corrected chi connectivity index (χ1v) is 9.92. The van der Waals surface area contributed by atoms with Gasteiger partial charge in [0.25, 0.3) is 5.91 Å². The summed E-state index contributed by atoms with van der Waals surface area (Å²) in [6.45, 7) is 5.74. The van der Waals surface area contributed by atoms with E-state index in [1.54, 1.807) is 11.8 Å². The summed E-state index contributed by atoms with van der Waals surface area (Å²) >= 11 is 0. The van der Waals surface area contributed by atoms with Crippen LogP contribution in [0.15, 0.2) is 15.4 Å². The van der Waals surface area contributed by atoms with Gasteiger partial charge < -0.3 is 14.2 Å². The van der Waals surface area contributed by atoms with Crippen molar-refractivity contribution in [3.63, 3.8) is 0 Å². The number of carbonyl (C=O) groups excluding carboxylic acids is 1. The number of hydrogen-bond donors (Lipinski definition) is 0. The van der Waals surface area contributed by atoms with Crippen molar-refractivity contribution in [2.24, 2.45) is 0 Å². The van der Waals surface area contributed by atoms with E-state index in [1.165, 1.54) is 10.4 Å². The minimum Gasteiger partial charge on any atom is -0.455 e. The second kappa shape index (κ2) is 6.85. The van der Waals surface area contributed by atoms with Gasteiger partial charge in [-0.3, -0.25) is 4.79 Å². The van der Waals surface area contributed by atoms with Crippen molar-refractivity contribution in [1.82, 2.24) is 14.1 Å². The second-order valence-corrected chi connectivity index (χ2v) is 8.50. The summed E-state index contributed by atoms with van der Waals surface area (Å²) in [4.78, 5) is 16.7. The van der Waals surface area contributed by atoms with Crippen molar-refractivity contribution >= 4 is 15.9 Å². The Morgan fingerprint density at radius 2 is 1.75 bits per heavy atom. The molecule has 0 atom stereocenters. The molecule has 1 amide bonds. The number of sulfonamides is 1. The van der Waals surface area contributed by atoms with Gasteiger partial charge >= 0.3 is 0 Å². The number of carbonyl (C=O) groups is 1. The molecule has 1 aromatic rings. The molecule has 8 heteroatoms. The molecule has 1 aromatic heterocycles. The molecule has 0 aromatic carbocycles. The predicted molar refractivity (Wildman–Crippen MR) is 89.5 cm³/mol. The van der Waals surface area contributed by atoms with Crippen LogP contribution in [0.4, 0.5) is 0 Å². The molecule has 0 N–H and O–H groups in total. The fourth-order valence-corrected chi connectivity index (χ4v) is 4.98. The Bertz CT molecular complexity index is 707. The molecule has 3 heterocycles. The number of hydrogen-bond acceptors (Lipinski definition) is 5. The third kappa shape index (κ3) is 3.36. The average molecular weight is 355 g/mol. The zero-order valence-corrected chi connectivity index (χ0v) is 15.1. The van der Waals surface area contributed by atoms with Crippen LogP contribution in [0.5, 0.6) is 0 Å². The van der Waals surface area contributed by atoms with E-state index in [0.717, 1.165) is 32.4 Å². The lowest BCUT2D eigenvalue weighted by molar-refractivity contribution is 0.0729. The maximum atomic E-state index is 12.7. The summed E-state index contributed by atoms with van der Waals surface area (Å²) in [6.07, 6.45) is 2.66. The fourth-order valence-electron chi connectivity index (χ4n) is 3.30. The van der Waals surface area contributed by atoms with E-state index >= 15 is 0 Å². The maximum absolute atomic E-state index is 12.7. The summed E-state index contributed by atoms with van der Waals surface area (Å²) < 4.78 is 32.4. The topological polar surface area (TPSA) is 74.1 Å². The molecule has 2 aliphatic rings. The Hall–Kier alpha value is -1.38. The first-order valence-electron chi connectivity index (χ1n) is 8.48. The highest BCUT2D eigenvalue weighted by molar-refractivity contribution is 7.89. The highest BCUT2D eigenvalue weighted by atomic mass is 32.2. The Morgan fingerprint density at radius 1 is 1.04 bits per heavy atom. The summed E-state index contributed by atoms with van der Waals surface area (Å²) in [5.74, 6) is 0.184. The van der Waals surface area contributed by atoms with Gasteiger partial charge in [0.15, 0.2) is 5.76 Å². The molecule has 3 rings (SSSR count). The van der Waals surface area contributed by atoms with E-state index in [0.29, 0.717) is 26.2 Å². The molecular formula is C16H25N3O4S. The quantitative estimate of drug-likeness (QED) is 0.813. The molecular weight excluding hydrogens is 330 g/mol. The third-order valence-corrected chi connectivity index (χ3v) is 6.78. The number of nitrogens with zero attached hydrogens (tertiary/aromatic N) is 3. The van der Waals surface area contributed by atoms with Gasteiger partial charge in [0.05, 0.1) is 0 Å². The average Bonchev–Trinajstić information content (AvgIpc) is 3.15. The molecule has 7 nitrogen and oxygen atoms in total. The van der Waals surface area contributed by atoms with Gasteiger partial charge in [0.1, 0.15) is 10.7 Å². The van der Waals surface area contributed by atoms with Crippen molar-refractivity contribution in [2.75, 3.05) is 46.3 Å². The number of amides is 1. The second-order valence-electron chi connectivity index (χ2n) is 6.59. The highest BCUT2D eigenvalue weighted by Crippen LogP contribution is 2.27. The van der Waals surface area contributed by atoms with Crippen LogP contribution in [0.3, 0.4) is 0 Å². The van der Waals surface area contributed by atoms with Crippen molar-refractivity contribution in [3.8, 4) is 0 Å². The molecule has 2 fully saturated rings. The van der Waals surface area contributed by atoms with Crippen LogP contribution in [-0.2, 0) is 10.0 Å². The van der Waals surface area contributed by atoms with Gasteiger partial charge in [0, 0.05) is 38.8 Å². The van der Waals surface area contributed by atoms with E-state index < -0.39 is 10.0 Å². The summed E-state index contributed by atoms with van der Waals surface area (Å²) in [5.41, 5.74) is 0. The van der Waals surface area contributed by atoms with Crippen LogP contribution in [0.2, 0.25) is 0 Å². The first kappa shape index (κ1) is 17.4. The normalized spacial score (nSPS) is 21.2. The molecule has 0 unspecified atom stereocenters. The predicted octanol–water partition coefficient (Wildman–Crippen LogP) is 1.15. The lowest BCUT2D eigenvalue weighted by Gasteiger charge is -2.19.